The molecule has 2 aromatic carbocycles. The van der Waals surface area contributed by atoms with Crippen LogP contribution < -0.4 is 4.57 Å². The SMILES string of the molecule is Cc1ccc(-c2scc[n+]2Cc2ccccc2)cc1. The number of benzene rings is 2. The number of aryl methyl sites for hydroxylation is 1. The van der Waals surface area contributed by atoms with Crippen LogP contribution in [-0.2, 0) is 6.54 Å². The molecule has 3 aromatic rings. The lowest BCUT2D eigenvalue weighted by atomic mass is 10.1. The van der Waals surface area contributed by atoms with Gasteiger partial charge in [-0.1, -0.05) is 59.4 Å². The number of thiazole rings is 1. The maximum atomic E-state index is 2.31. The minimum Gasteiger partial charge on any atom is -0.184 e. The van der Waals surface area contributed by atoms with E-state index in [1.165, 1.54) is 21.7 Å². The van der Waals surface area contributed by atoms with Gasteiger partial charge in [0.1, 0.15) is 0 Å². The fraction of sp³-hybridized carbons (Fsp3) is 0.118. The van der Waals surface area contributed by atoms with Crippen LogP contribution in [0, 0.1) is 6.92 Å². The summed E-state index contributed by atoms with van der Waals surface area (Å²) >= 11 is 1.79. The summed E-state index contributed by atoms with van der Waals surface area (Å²) in [7, 11) is 0. The highest BCUT2D eigenvalue weighted by Gasteiger charge is 2.14. The van der Waals surface area contributed by atoms with E-state index in [9.17, 15) is 0 Å². The highest BCUT2D eigenvalue weighted by Crippen LogP contribution is 2.21. The molecule has 1 aromatic heterocycles. The van der Waals surface area contributed by atoms with Crippen LogP contribution in [0.4, 0.5) is 0 Å². The quantitative estimate of drug-likeness (QED) is 0.629. The largest absolute Gasteiger partial charge is 0.269 e. The van der Waals surface area contributed by atoms with Crippen molar-refractivity contribution in [3.63, 3.8) is 0 Å². The molecule has 0 radical (unpaired) electrons. The summed E-state index contributed by atoms with van der Waals surface area (Å²) in [5.41, 5.74) is 3.92. The van der Waals surface area contributed by atoms with Crippen molar-refractivity contribution in [3.05, 3.63) is 77.3 Å². The zero-order valence-electron chi connectivity index (χ0n) is 10.9. The molecule has 19 heavy (non-hydrogen) atoms. The lowest BCUT2D eigenvalue weighted by Gasteiger charge is -2.00. The van der Waals surface area contributed by atoms with Crippen LogP contribution in [0.15, 0.2) is 66.2 Å². The van der Waals surface area contributed by atoms with E-state index in [2.05, 4.69) is 77.7 Å². The van der Waals surface area contributed by atoms with Crippen LogP contribution in [0.3, 0.4) is 0 Å². The standard InChI is InChI=1S/C17H16NS/c1-14-7-9-16(10-8-14)17-18(11-12-19-17)13-15-5-3-2-4-6-15/h2-12H,13H2,1H3/q+1. The van der Waals surface area contributed by atoms with Crippen LogP contribution in [0.2, 0.25) is 0 Å². The van der Waals surface area contributed by atoms with Crippen molar-refractivity contribution in [2.75, 3.05) is 0 Å². The van der Waals surface area contributed by atoms with Gasteiger partial charge < -0.3 is 0 Å². The Kier molecular flexibility index (Phi) is 3.43. The third kappa shape index (κ3) is 2.74. The summed E-state index contributed by atoms with van der Waals surface area (Å²) in [6.07, 6.45) is 2.16. The molecule has 1 nitrogen and oxygen atoms in total. The van der Waals surface area contributed by atoms with Crippen LogP contribution in [0.1, 0.15) is 11.1 Å². The van der Waals surface area contributed by atoms with E-state index in [0.29, 0.717) is 0 Å². The molecule has 0 aliphatic rings. The first-order chi connectivity index (χ1) is 9.33. The first-order valence-electron chi connectivity index (χ1n) is 6.41. The number of nitrogens with zero attached hydrogens (tertiary/aromatic N) is 1. The molecule has 0 unspecified atom stereocenters. The fourth-order valence-corrected chi connectivity index (χ4v) is 3.01. The van der Waals surface area contributed by atoms with Crippen molar-refractivity contribution in [2.24, 2.45) is 0 Å². The maximum Gasteiger partial charge on any atom is 0.269 e. The Balaban J connectivity index is 1.92. The summed E-state index contributed by atoms with van der Waals surface area (Å²) in [6, 6.07) is 19.3. The van der Waals surface area contributed by atoms with Crippen molar-refractivity contribution in [3.8, 4) is 10.6 Å². The molecule has 0 amide bonds. The molecular weight excluding hydrogens is 250 g/mol. The van der Waals surface area contributed by atoms with Crippen LogP contribution in [-0.4, -0.2) is 0 Å². The summed E-state index contributed by atoms with van der Waals surface area (Å²) in [5, 5.41) is 3.46. The van der Waals surface area contributed by atoms with Crippen LogP contribution in [0.25, 0.3) is 10.6 Å². The third-order valence-corrected chi connectivity index (χ3v) is 4.13. The van der Waals surface area contributed by atoms with Crippen molar-refractivity contribution >= 4 is 11.3 Å². The highest BCUT2D eigenvalue weighted by molar-refractivity contribution is 7.12. The monoisotopic (exact) mass is 266 g/mol. The van der Waals surface area contributed by atoms with E-state index in [-0.39, 0.29) is 0 Å². The summed E-state index contributed by atoms with van der Waals surface area (Å²) in [4.78, 5) is 0. The van der Waals surface area contributed by atoms with Gasteiger partial charge in [0.05, 0.1) is 10.9 Å². The molecule has 0 atom stereocenters. The van der Waals surface area contributed by atoms with Crippen molar-refractivity contribution < 1.29 is 4.57 Å². The van der Waals surface area contributed by atoms with Gasteiger partial charge in [-0.2, -0.15) is 4.57 Å². The fourth-order valence-electron chi connectivity index (χ4n) is 2.14. The normalized spacial score (nSPS) is 10.6. The molecule has 0 fully saturated rings. The highest BCUT2D eigenvalue weighted by atomic mass is 32.1. The van der Waals surface area contributed by atoms with Gasteiger partial charge in [-0.05, 0) is 19.1 Å². The smallest absolute Gasteiger partial charge is 0.184 e. The molecule has 3 rings (SSSR count). The molecule has 1 heterocycles. The second-order valence-electron chi connectivity index (χ2n) is 4.69. The molecule has 0 aliphatic carbocycles. The van der Waals surface area contributed by atoms with Gasteiger partial charge in [-0.3, -0.25) is 0 Å². The predicted octanol–water partition coefficient (Wildman–Crippen LogP) is 4.06. The summed E-state index contributed by atoms with van der Waals surface area (Å²) < 4.78 is 2.31. The zero-order valence-corrected chi connectivity index (χ0v) is 11.7. The lowest BCUT2D eigenvalue weighted by molar-refractivity contribution is -0.673. The molecular formula is C17H16NS+. The maximum absolute atomic E-state index is 2.31. The van der Waals surface area contributed by atoms with E-state index in [1.54, 1.807) is 11.3 Å². The Morgan fingerprint density at radius 3 is 2.42 bits per heavy atom. The average molecular weight is 266 g/mol. The van der Waals surface area contributed by atoms with Crippen LogP contribution >= 0.6 is 11.3 Å². The molecule has 0 saturated heterocycles. The average Bonchev–Trinajstić information content (AvgIpc) is 2.89. The van der Waals surface area contributed by atoms with Gasteiger partial charge in [-0.15, -0.1) is 0 Å². The van der Waals surface area contributed by atoms with E-state index in [1.807, 2.05) is 0 Å². The molecule has 0 N–H and O–H groups in total. The van der Waals surface area contributed by atoms with Gasteiger partial charge >= 0.3 is 0 Å². The Hall–Kier alpha value is -1.93. The van der Waals surface area contributed by atoms with Gasteiger partial charge in [0, 0.05) is 5.56 Å². The number of hydrogen-bond acceptors (Lipinski definition) is 1. The second kappa shape index (κ2) is 5.37. The first kappa shape index (κ1) is 12.1. The third-order valence-electron chi connectivity index (χ3n) is 3.18. The number of hydrogen-bond donors (Lipinski definition) is 0. The molecule has 2 heteroatoms. The molecule has 0 aliphatic heterocycles. The predicted molar refractivity (Wildman–Crippen MR) is 80.2 cm³/mol. The first-order valence-corrected chi connectivity index (χ1v) is 7.29. The van der Waals surface area contributed by atoms with E-state index in [0.717, 1.165) is 6.54 Å². The van der Waals surface area contributed by atoms with E-state index >= 15 is 0 Å². The molecule has 0 bridgehead atoms. The van der Waals surface area contributed by atoms with Crippen molar-refractivity contribution in [1.82, 2.24) is 0 Å². The lowest BCUT2D eigenvalue weighted by Crippen LogP contribution is -2.33. The Bertz CT molecular complexity index is 653. The van der Waals surface area contributed by atoms with Gasteiger partial charge in [0.15, 0.2) is 12.7 Å². The molecule has 0 saturated carbocycles. The number of rotatable bonds is 3. The minimum absolute atomic E-state index is 0.924. The Morgan fingerprint density at radius 2 is 1.68 bits per heavy atom. The molecule has 94 valence electrons. The van der Waals surface area contributed by atoms with Crippen molar-refractivity contribution in [1.29, 1.82) is 0 Å². The van der Waals surface area contributed by atoms with E-state index < -0.39 is 0 Å². The van der Waals surface area contributed by atoms with Gasteiger partial charge in [0.25, 0.3) is 5.01 Å². The minimum atomic E-state index is 0.924. The summed E-state index contributed by atoms with van der Waals surface area (Å²) in [6.45, 7) is 3.05. The summed E-state index contributed by atoms with van der Waals surface area (Å²) in [5.74, 6) is 0. The Morgan fingerprint density at radius 1 is 0.947 bits per heavy atom. The molecule has 0 spiro atoms. The zero-order chi connectivity index (χ0) is 13.1. The van der Waals surface area contributed by atoms with Crippen LogP contribution in [0.5, 0.6) is 0 Å². The van der Waals surface area contributed by atoms with E-state index in [4.69, 9.17) is 0 Å². The second-order valence-corrected chi connectivity index (χ2v) is 5.58. The number of aromatic nitrogens is 1. The topological polar surface area (TPSA) is 3.88 Å². The van der Waals surface area contributed by atoms with Crippen molar-refractivity contribution in [2.45, 2.75) is 13.5 Å². The Labute approximate surface area is 117 Å². The van der Waals surface area contributed by atoms with Gasteiger partial charge in [0.2, 0.25) is 0 Å². The van der Waals surface area contributed by atoms with Gasteiger partial charge in [-0.25, -0.2) is 0 Å².